The van der Waals surface area contributed by atoms with E-state index < -0.39 is 11.7 Å². The van der Waals surface area contributed by atoms with Crippen molar-refractivity contribution >= 4 is 22.5 Å². The van der Waals surface area contributed by atoms with Crippen molar-refractivity contribution in [3.63, 3.8) is 0 Å². The fourth-order valence-corrected chi connectivity index (χ4v) is 4.85. The summed E-state index contributed by atoms with van der Waals surface area (Å²) in [5.74, 6) is 0.0107. The zero-order valence-electron chi connectivity index (χ0n) is 14.5. The molecule has 7 heteroatoms. The van der Waals surface area contributed by atoms with Crippen LogP contribution in [0.2, 0.25) is 0 Å². The zero-order chi connectivity index (χ0) is 18.1. The number of aromatic amines is 1. The number of aromatic nitrogens is 2. The van der Waals surface area contributed by atoms with Gasteiger partial charge in [-0.05, 0) is 37.3 Å². The van der Waals surface area contributed by atoms with Crippen molar-refractivity contribution in [2.75, 3.05) is 13.1 Å². The van der Waals surface area contributed by atoms with Crippen molar-refractivity contribution < 1.29 is 9.18 Å². The second kappa shape index (κ2) is 5.30. The lowest BCUT2D eigenvalue weighted by Crippen LogP contribution is -2.40. The number of rotatable bonds is 4. The smallest absolute Gasteiger partial charge is 0.251 e. The number of benzene rings is 1. The van der Waals surface area contributed by atoms with Gasteiger partial charge >= 0.3 is 0 Å². The number of imidazole rings is 1. The number of hydrogen-bond donors (Lipinski definition) is 3. The van der Waals surface area contributed by atoms with Crippen LogP contribution in [0.25, 0.3) is 16.6 Å². The highest BCUT2D eigenvalue weighted by molar-refractivity contribution is 6.04. The number of nitrogens with one attached hydrogen (secondary N) is 1. The molecule has 1 aromatic carbocycles. The van der Waals surface area contributed by atoms with E-state index in [1.807, 2.05) is 0 Å². The molecule has 5 rings (SSSR count). The van der Waals surface area contributed by atoms with Crippen molar-refractivity contribution in [1.29, 1.82) is 0 Å². The number of nitrogens with two attached hydrogens (primary N) is 2. The van der Waals surface area contributed by atoms with Gasteiger partial charge in [0, 0.05) is 36.3 Å². The number of carbonyl (C=O) groups is 1. The Morgan fingerprint density at radius 3 is 2.88 bits per heavy atom. The molecule has 0 bridgehead atoms. The molecule has 2 unspecified atom stereocenters. The van der Waals surface area contributed by atoms with Crippen LogP contribution in [0.4, 0.5) is 4.39 Å². The van der Waals surface area contributed by atoms with Gasteiger partial charge in [-0.1, -0.05) is 6.42 Å². The summed E-state index contributed by atoms with van der Waals surface area (Å²) in [5, 5.41) is 0. The highest BCUT2D eigenvalue weighted by Gasteiger charge is 2.63. The van der Waals surface area contributed by atoms with Crippen LogP contribution in [0, 0.1) is 17.2 Å². The maximum absolute atomic E-state index is 13.8. The summed E-state index contributed by atoms with van der Waals surface area (Å²) in [6.45, 7) is 2.11. The van der Waals surface area contributed by atoms with Gasteiger partial charge in [-0.2, -0.15) is 0 Å². The molecule has 26 heavy (non-hydrogen) atoms. The van der Waals surface area contributed by atoms with Gasteiger partial charge in [0.1, 0.15) is 17.2 Å². The average Bonchev–Trinajstić information content (AvgIpc) is 2.88. The normalized spacial score (nSPS) is 29.0. The van der Waals surface area contributed by atoms with Crippen molar-refractivity contribution in [3.8, 4) is 0 Å². The van der Waals surface area contributed by atoms with Crippen molar-refractivity contribution in [1.82, 2.24) is 14.9 Å². The second-order valence-electron chi connectivity index (χ2n) is 7.95. The molecule has 2 heterocycles. The number of H-pyrrole nitrogens is 1. The summed E-state index contributed by atoms with van der Waals surface area (Å²) >= 11 is 0. The van der Waals surface area contributed by atoms with Gasteiger partial charge in [-0.3, -0.25) is 9.69 Å². The fraction of sp³-hybridized carbons (Fsp3) is 0.474. The number of nitrogens with zero attached hydrogens (tertiary/aromatic N) is 2. The van der Waals surface area contributed by atoms with E-state index in [9.17, 15) is 9.18 Å². The van der Waals surface area contributed by atoms with Gasteiger partial charge in [0.15, 0.2) is 0 Å². The minimum atomic E-state index is -0.690. The number of amides is 1. The minimum Gasteiger partial charge on any atom is -0.404 e. The van der Waals surface area contributed by atoms with E-state index in [0.29, 0.717) is 28.8 Å². The molecule has 1 saturated heterocycles. The first-order valence-electron chi connectivity index (χ1n) is 9.18. The molecular formula is C19H22FN5O. The van der Waals surface area contributed by atoms with E-state index in [2.05, 4.69) is 14.9 Å². The summed E-state index contributed by atoms with van der Waals surface area (Å²) in [5.41, 5.74) is 13.4. The van der Waals surface area contributed by atoms with E-state index in [1.165, 1.54) is 25.3 Å². The lowest BCUT2D eigenvalue weighted by molar-refractivity contribution is 0.100. The van der Waals surface area contributed by atoms with Crippen LogP contribution >= 0.6 is 0 Å². The third-order valence-corrected chi connectivity index (χ3v) is 6.54. The van der Waals surface area contributed by atoms with E-state index in [0.717, 1.165) is 31.1 Å². The van der Waals surface area contributed by atoms with Crippen molar-refractivity contribution in [2.45, 2.75) is 31.7 Å². The molecule has 0 radical (unpaired) electrons. The van der Waals surface area contributed by atoms with Gasteiger partial charge in [0.25, 0.3) is 5.91 Å². The lowest BCUT2D eigenvalue weighted by Gasteiger charge is -2.36. The average molecular weight is 355 g/mol. The second-order valence-corrected chi connectivity index (χ2v) is 7.95. The van der Waals surface area contributed by atoms with Gasteiger partial charge in [-0.15, -0.1) is 0 Å². The quantitative estimate of drug-likeness (QED) is 0.780. The Morgan fingerprint density at radius 2 is 2.23 bits per heavy atom. The molecule has 1 aliphatic heterocycles. The van der Waals surface area contributed by atoms with Crippen molar-refractivity contribution in [3.05, 3.63) is 35.5 Å². The number of fused-ring (bicyclic) bond motifs is 2. The van der Waals surface area contributed by atoms with Gasteiger partial charge < -0.3 is 16.5 Å². The Bertz CT molecular complexity index is 947. The van der Waals surface area contributed by atoms with Crippen LogP contribution in [0.3, 0.4) is 0 Å². The number of halogens is 1. The zero-order valence-corrected chi connectivity index (χ0v) is 14.5. The molecule has 2 atom stereocenters. The highest BCUT2D eigenvalue weighted by Crippen LogP contribution is 2.65. The minimum absolute atomic E-state index is 0.0314. The maximum Gasteiger partial charge on any atom is 0.251 e. The predicted molar refractivity (Wildman–Crippen MR) is 96.5 cm³/mol. The van der Waals surface area contributed by atoms with E-state index in [1.54, 1.807) is 6.20 Å². The van der Waals surface area contributed by atoms with Gasteiger partial charge in [-0.25, -0.2) is 9.37 Å². The number of likely N-dealkylation sites (tertiary alicyclic amines) is 1. The first-order chi connectivity index (χ1) is 12.5. The van der Waals surface area contributed by atoms with Crippen LogP contribution in [-0.2, 0) is 0 Å². The summed E-state index contributed by atoms with van der Waals surface area (Å²) < 4.78 is 13.8. The van der Waals surface area contributed by atoms with Crippen LogP contribution in [-0.4, -0.2) is 39.9 Å². The topological polar surface area (TPSA) is 101 Å². The number of piperidine rings is 1. The van der Waals surface area contributed by atoms with Gasteiger partial charge in [0.05, 0.1) is 11.1 Å². The first-order valence-corrected chi connectivity index (χ1v) is 9.18. The molecule has 2 aromatic rings. The predicted octanol–water partition coefficient (Wildman–Crippen LogP) is 1.97. The Balaban J connectivity index is 1.52. The molecule has 6 nitrogen and oxygen atoms in total. The van der Waals surface area contributed by atoms with Gasteiger partial charge in [0.2, 0.25) is 0 Å². The highest BCUT2D eigenvalue weighted by atomic mass is 19.1. The lowest BCUT2D eigenvalue weighted by atomic mass is 9.90. The SMILES string of the molecule is NC=C(c1nc2c(C(N)=O)cc(F)cc2[nH]1)C12CC1CN(C1CCC1)C2. The molecule has 2 saturated carbocycles. The van der Waals surface area contributed by atoms with Crippen molar-refractivity contribution in [2.24, 2.45) is 22.8 Å². The third kappa shape index (κ3) is 2.13. The fourth-order valence-electron chi connectivity index (χ4n) is 4.85. The number of hydrogen-bond acceptors (Lipinski definition) is 4. The Morgan fingerprint density at radius 1 is 1.42 bits per heavy atom. The van der Waals surface area contributed by atoms with Crippen LogP contribution in [0.15, 0.2) is 18.3 Å². The van der Waals surface area contributed by atoms with Crippen LogP contribution in [0.1, 0.15) is 41.9 Å². The molecular weight excluding hydrogens is 333 g/mol. The Hall–Kier alpha value is -2.41. The van der Waals surface area contributed by atoms with Crippen LogP contribution in [0.5, 0.6) is 0 Å². The Kier molecular flexibility index (Phi) is 3.22. The van der Waals surface area contributed by atoms with E-state index in [4.69, 9.17) is 11.5 Å². The molecule has 3 fully saturated rings. The van der Waals surface area contributed by atoms with Crippen LogP contribution < -0.4 is 11.5 Å². The number of carbonyl (C=O) groups excluding carboxylic acids is 1. The standard InChI is InChI=1S/C19H22FN5O/c20-11-4-13(17(22)26)16-15(5-11)23-18(24-16)14(7-21)19-6-10(19)8-25(9-19)12-2-1-3-12/h4-5,7,10,12H,1-3,6,8-9,21H2,(H2,22,26)(H,23,24). The summed E-state index contributed by atoms with van der Waals surface area (Å²) in [6, 6.07) is 3.18. The Labute approximate surface area is 150 Å². The molecule has 0 spiro atoms. The summed E-state index contributed by atoms with van der Waals surface area (Å²) in [4.78, 5) is 22.0. The number of primary amides is 1. The van der Waals surface area contributed by atoms with E-state index >= 15 is 0 Å². The molecule has 1 aromatic heterocycles. The van der Waals surface area contributed by atoms with E-state index in [-0.39, 0.29) is 11.0 Å². The molecule has 136 valence electrons. The molecule has 3 aliphatic rings. The molecule has 2 aliphatic carbocycles. The monoisotopic (exact) mass is 355 g/mol. The molecule has 1 amide bonds. The first kappa shape index (κ1) is 15.8. The maximum atomic E-state index is 13.8. The molecule has 5 N–H and O–H groups in total. The third-order valence-electron chi connectivity index (χ3n) is 6.54. The summed E-state index contributed by atoms with van der Waals surface area (Å²) in [6.07, 6.45) is 6.63. The summed E-state index contributed by atoms with van der Waals surface area (Å²) in [7, 11) is 0. The largest absolute Gasteiger partial charge is 0.404 e.